The van der Waals surface area contributed by atoms with Crippen LogP contribution in [-0.2, 0) is 9.53 Å². The normalized spacial score (nSPS) is 25.3. The van der Waals surface area contributed by atoms with Crippen molar-refractivity contribution in [1.29, 1.82) is 0 Å². The Bertz CT molecular complexity index is 1010. The zero-order valence-corrected chi connectivity index (χ0v) is 20.4. The molecule has 34 heavy (non-hydrogen) atoms. The van der Waals surface area contributed by atoms with E-state index in [1.807, 2.05) is 19.1 Å². The van der Waals surface area contributed by atoms with E-state index in [1.165, 1.54) is 19.3 Å². The summed E-state index contributed by atoms with van der Waals surface area (Å²) >= 11 is 0. The third kappa shape index (κ3) is 4.81. The highest BCUT2D eigenvalue weighted by molar-refractivity contribution is 6.04. The van der Waals surface area contributed by atoms with Crippen LogP contribution in [0.4, 0.5) is 5.82 Å². The monoisotopic (exact) mass is 464 g/mol. The van der Waals surface area contributed by atoms with Gasteiger partial charge in [0.05, 0.1) is 29.6 Å². The van der Waals surface area contributed by atoms with Gasteiger partial charge in [0.1, 0.15) is 17.7 Å². The second-order valence-corrected chi connectivity index (χ2v) is 10.3. The molecule has 2 aliphatic heterocycles. The molecule has 3 fully saturated rings. The number of carbonyl (C=O) groups is 1. The number of hydrogen-bond acceptors (Lipinski definition) is 7. The summed E-state index contributed by atoms with van der Waals surface area (Å²) in [5.41, 5.74) is 5.46. The first kappa shape index (κ1) is 22.9. The van der Waals surface area contributed by atoms with E-state index < -0.39 is 0 Å². The highest BCUT2D eigenvalue weighted by Crippen LogP contribution is 2.42. The lowest BCUT2D eigenvalue weighted by Crippen LogP contribution is -2.54. The molecule has 8 nitrogen and oxygen atoms in total. The maximum atomic E-state index is 13.0. The van der Waals surface area contributed by atoms with Gasteiger partial charge in [-0.1, -0.05) is 25.8 Å². The first-order valence-corrected chi connectivity index (χ1v) is 12.7. The van der Waals surface area contributed by atoms with Gasteiger partial charge in [0, 0.05) is 37.3 Å². The smallest absolute Gasteiger partial charge is 0.242 e. The summed E-state index contributed by atoms with van der Waals surface area (Å²) in [6, 6.07) is 2.37. The minimum absolute atomic E-state index is 0.0268. The molecule has 2 aliphatic carbocycles. The van der Waals surface area contributed by atoms with Crippen LogP contribution in [-0.4, -0.2) is 57.8 Å². The number of amides is 1. The first-order valence-electron chi connectivity index (χ1n) is 12.7. The van der Waals surface area contributed by atoms with Crippen molar-refractivity contribution in [2.24, 2.45) is 11.0 Å². The largest absolute Gasteiger partial charge is 0.492 e. The maximum Gasteiger partial charge on any atom is 0.242 e. The van der Waals surface area contributed by atoms with E-state index in [2.05, 4.69) is 43.8 Å². The zero-order valence-electron chi connectivity index (χ0n) is 20.4. The summed E-state index contributed by atoms with van der Waals surface area (Å²) in [5.74, 6) is 1.91. The van der Waals surface area contributed by atoms with Crippen LogP contribution in [0.2, 0.25) is 0 Å². The van der Waals surface area contributed by atoms with Gasteiger partial charge in [0.25, 0.3) is 0 Å². The molecule has 1 aromatic rings. The van der Waals surface area contributed by atoms with Crippen molar-refractivity contribution in [2.45, 2.75) is 76.9 Å². The number of ether oxygens (including phenoxy) is 1. The van der Waals surface area contributed by atoms with Gasteiger partial charge in [-0.25, -0.2) is 9.97 Å². The summed E-state index contributed by atoms with van der Waals surface area (Å²) in [6.45, 7) is 10.2. The molecule has 4 aliphatic rings. The van der Waals surface area contributed by atoms with Crippen molar-refractivity contribution in [3.8, 4) is 0 Å². The highest BCUT2D eigenvalue weighted by atomic mass is 16.5. The number of carbonyl (C=O) groups excluding carboxylic acids is 1. The van der Waals surface area contributed by atoms with E-state index in [-0.39, 0.29) is 17.4 Å². The third-order valence-corrected chi connectivity index (χ3v) is 7.64. The standard InChI is InChI=1S/C26H36N6O2/c1-4-20(34-26(3)10-11-26)14-21-18(2)29-30-25(21)22-15-23(28-17-27-22)31-12-13-32(24(33)16-31)19-8-6-5-7-9-19/h4,15,17,19,21,29H,2,5-14,16H2,1,3H3/b20-4+/t21-/m0/s1. The lowest BCUT2D eigenvalue weighted by Gasteiger charge is -2.40. The molecule has 3 heterocycles. The van der Waals surface area contributed by atoms with Gasteiger partial charge in [-0.15, -0.1) is 0 Å². The Hall–Kier alpha value is -2.90. The Kier molecular flexibility index (Phi) is 6.32. The van der Waals surface area contributed by atoms with E-state index in [0.717, 1.165) is 67.5 Å². The van der Waals surface area contributed by atoms with Gasteiger partial charge in [-0.3, -0.25) is 10.2 Å². The minimum Gasteiger partial charge on any atom is -0.492 e. The van der Waals surface area contributed by atoms with Crippen molar-refractivity contribution in [3.63, 3.8) is 0 Å². The zero-order chi connectivity index (χ0) is 23.7. The lowest BCUT2D eigenvalue weighted by molar-refractivity contribution is -0.134. The SMILES string of the molecule is C=C1NN=C(c2cc(N3CCN(C4CCCCC4)C(=O)C3)ncn2)[C@H]1C/C(=C\C)OC1(C)CC1. The van der Waals surface area contributed by atoms with Crippen LogP contribution >= 0.6 is 0 Å². The molecule has 1 amide bonds. The summed E-state index contributed by atoms with van der Waals surface area (Å²) in [6.07, 6.45) is 12.5. The van der Waals surface area contributed by atoms with E-state index in [1.54, 1.807) is 6.33 Å². The Labute approximate surface area is 202 Å². The Morgan fingerprint density at radius 2 is 2.06 bits per heavy atom. The number of rotatable bonds is 7. The van der Waals surface area contributed by atoms with Crippen molar-refractivity contribution < 1.29 is 9.53 Å². The molecular formula is C26H36N6O2. The minimum atomic E-state index is -0.0269. The molecule has 8 heteroatoms. The molecule has 1 aromatic heterocycles. The summed E-state index contributed by atoms with van der Waals surface area (Å²) in [7, 11) is 0. The molecule has 1 saturated heterocycles. The van der Waals surface area contributed by atoms with E-state index in [0.29, 0.717) is 19.0 Å². The van der Waals surface area contributed by atoms with Gasteiger partial charge in [-0.2, -0.15) is 5.10 Å². The molecule has 0 unspecified atom stereocenters. The van der Waals surface area contributed by atoms with Crippen molar-refractivity contribution in [1.82, 2.24) is 20.3 Å². The van der Waals surface area contributed by atoms with Crippen molar-refractivity contribution >= 4 is 17.4 Å². The van der Waals surface area contributed by atoms with Crippen LogP contribution < -0.4 is 10.3 Å². The van der Waals surface area contributed by atoms with Gasteiger partial charge in [0.2, 0.25) is 5.91 Å². The van der Waals surface area contributed by atoms with Gasteiger partial charge >= 0.3 is 0 Å². The topological polar surface area (TPSA) is 83.0 Å². The van der Waals surface area contributed by atoms with E-state index in [9.17, 15) is 4.79 Å². The maximum absolute atomic E-state index is 13.0. The second kappa shape index (κ2) is 9.39. The fraction of sp³-hybridized carbons (Fsp3) is 0.615. The molecule has 182 valence electrons. The van der Waals surface area contributed by atoms with Crippen LogP contribution in [0.25, 0.3) is 0 Å². The summed E-state index contributed by atoms with van der Waals surface area (Å²) in [5, 5.41) is 4.54. The summed E-state index contributed by atoms with van der Waals surface area (Å²) < 4.78 is 6.24. The number of hydrazone groups is 1. The van der Waals surface area contributed by atoms with Gasteiger partial charge < -0.3 is 14.5 Å². The number of allylic oxidation sites excluding steroid dienone is 3. The van der Waals surface area contributed by atoms with Crippen molar-refractivity contribution in [2.75, 3.05) is 24.5 Å². The fourth-order valence-corrected chi connectivity index (χ4v) is 5.24. The Morgan fingerprint density at radius 1 is 1.26 bits per heavy atom. The second-order valence-electron chi connectivity index (χ2n) is 10.3. The fourth-order valence-electron chi connectivity index (χ4n) is 5.24. The van der Waals surface area contributed by atoms with Crippen LogP contribution in [0.5, 0.6) is 0 Å². The number of nitrogens with zero attached hydrogens (tertiary/aromatic N) is 5. The van der Waals surface area contributed by atoms with Crippen LogP contribution in [0.3, 0.4) is 0 Å². The van der Waals surface area contributed by atoms with Crippen LogP contribution in [0.15, 0.2) is 41.6 Å². The van der Waals surface area contributed by atoms with Gasteiger partial charge in [0.15, 0.2) is 0 Å². The number of aromatic nitrogens is 2. The van der Waals surface area contributed by atoms with Crippen molar-refractivity contribution in [3.05, 3.63) is 42.2 Å². The van der Waals surface area contributed by atoms with E-state index >= 15 is 0 Å². The molecule has 0 spiro atoms. The lowest BCUT2D eigenvalue weighted by atomic mass is 9.93. The molecule has 5 rings (SSSR count). The van der Waals surface area contributed by atoms with E-state index in [4.69, 9.17) is 4.74 Å². The summed E-state index contributed by atoms with van der Waals surface area (Å²) in [4.78, 5) is 26.1. The molecule has 0 aromatic carbocycles. The van der Waals surface area contributed by atoms with Crippen LogP contribution in [0.1, 0.15) is 70.9 Å². The highest BCUT2D eigenvalue weighted by Gasteiger charge is 2.41. The average Bonchev–Trinajstić information content (AvgIpc) is 3.48. The average molecular weight is 465 g/mol. The molecule has 0 bridgehead atoms. The Morgan fingerprint density at radius 3 is 2.76 bits per heavy atom. The number of hydrogen-bond donors (Lipinski definition) is 1. The molecule has 2 saturated carbocycles. The number of anilines is 1. The predicted molar refractivity (Wildman–Crippen MR) is 132 cm³/mol. The number of piperazine rings is 1. The third-order valence-electron chi connectivity index (χ3n) is 7.64. The molecule has 1 atom stereocenters. The quantitative estimate of drug-likeness (QED) is 0.619. The van der Waals surface area contributed by atoms with Crippen LogP contribution in [0, 0.1) is 5.92 Å². The number of nitrogens with one attached hydrogen (secondary N) is 1. The Balaban J connectivity index is 1.28. The molecule has 1 N–H and O–H groups in total. The molecular weight excluding hydrogens is 428 g/mol. The van der Waals surface area contributed by atoms with Gasteiger partial charge in [-0.05, 0) is 45.6 Å². The predicted octanol–water partition coefficient (Wildman–Crippen LogP) is 3.76. The molecule has 0 radical (unpaired) electrons. The first-order chi connectivity index (χ1) is 16.5.